The molecule has 4 N–H and O–H groups in total. The van der Waals surface area contributed by atoms with Gasteiger partial charge < -0.3 is 20.1 Å². The molecule has 0 radical (unpaired) electrons. The van der Waals surface area contributed by atoms with Crippen LogP contribution in [0, 0.1) is 0 Å². The molecule has 0 atom stereocenters. The molecule has 0 aliphatic carbocycles. The molecule has 18 heavy (non-hydrogen) atoms. The van der Waals surface area contributed by atoms with Crippen molar-refractivity contribution in [3.63, 3.8) is 0 Å². The van der Waals surface area contributed by atoms with Gasteiger partial charge in [-0.05, 0) is 38.9 Å². The molecule has 0 aliphatic rings. The van der Waals surface area contributed by atoms with Crippen molar-refractivity contribution in [3.8, 4) is 0 Å². The van der Waals surface area contributed by atoms with Gasteiger partial charge in [0.2, 0.25) is 0 Å². The van der Waals surface area contributed by atoms with Crippen LogP contribution in [0.4, 0.5) is 0 Å². The van der Waals surface area contributed by atoms with Crippen LogP contribution in [0.5, 0.6) is 0 Å². The smallest absolute Gasteiger partial charge is 0.187 e. The van der Waals surface area contributed by atoms with Crippen molar-refractivity contribution in [1.29, 1.82) is 0 Å². The van der Waals surface area contributed by atoms with Crippen LogP contribution >= 0.6 is 0 Å². The van der Waals surface area contributed by atoms with Crippen LogP contribution in [-0.2, 0) is 26.2 Å². The molecule has 0 aromatic carbocycles. The van der Waals surface area contributed by atoms with Crippen LogP contribution in [-0.4, -0.2) is 48.3 Å². The molecule has 0 bridgehead atoms. The van der Waals surface area contributed by atoms with Crippen molar-refractivity contribution >= 4 is 8.32 Å². The molecule has 0 unspecified atom stereocenters. The maximum atomic E-state index is 9.58. The Morgan fingerprint density at radius 3 is 0.722 bits per heavy atom. The summed E-state index contributed by atoms with van der Waals surface area (Å²) in [7, 11) is -1.67. The molecule has 0 aliphatic heterocycles. The molecular formula is C12H34O4SiZr. The van der Waals surface area contributed by atoms with E-state index in [1.807, 2.05) is 0 Å². The predicted octanol–water partition coefficient (Wildman–Crippen LogP) is 1.98. The zero-order valence-electron chi connectivity index (χ0n) is 13.0. The molecule has 0 heterocycles. The van der Waals surface area contributed by atoms with Crippen molar-refractivity contribution in [1.82, 2.24) is 0 Å². The molecule has 6 heteroatoms. The fourth-order valence-corrected chi connectivity index (χ4v) is 2.25. The first-order chi connectivity index (χ1) is 7.92. The summed E-state index contributed by atoms with van der Waals surface area (Å²) in [5, 5.41) is 22.7. The second-order valence-corrected chi connectivity index (χ2v) is 7.80. The first kappa shape index (κ1) is 31.4. The van der Waals surface area contributed by atoms with Gasteiger partial charge in [-0.2, -0.15) is 0 Å². The van der Waals surface area contributed by atoms with E-state index in [1.54, 1.807) is 20.8 Å². The summed E-state index contributed by atoms with van der Waals surface area (Å²) in [5.74, 6) is 0. The molecule has 0 saturated carbocycles. The van der Waals surface area contributed by atoms with Crippen molar-refractivity contribution in [2.24, 2.45) is 0 Å². The Bertz CT molecular complexity index is 91.1. The van der Waals surface area contributed by atoms with E-state index in [0.717, 1.165) is 18.1 Å². The minimum Gasteiger partial charge on any atom is -0.432 e. The van der Waals surface area contributed by atoms with Gasteiger partial charge in [0.05, 0.1) is 0 Å². The van der Waals surface area contributed by atoms with Gasteiger partial charge in [0.1, 0.15) is 0 Å². The number of hydrogen-bond donors (Lipinski definition) is 4. The maximum Gasteiger partial charge on any atom is 0.187 e. The molecule has 0 fully saturated rings. The summed E-state index contributed by atoms with van der Waals surface area (Å²) in [6, 6.07) is 3.04. The Morgan fingerprint density at radius 1 is 0.611 bits per heavy atom. The summed E-state index contributed by atoms with van der Waals surface area (Å²) in [6.45, 7) is 12.0. The van der Waals surface area contributed by atoms with E-state index >= 15 is 0 Å². The molecule has 0 saturated heterocycles. The number of rotatable bonds is 3. The molecule has 0 amide bonds. The molecule has 0 spiro atoms. The van der Waals surface area contributed by atoms with Crippen LogP contribution in [0.3, 0.4) is 0 Å². The Labute approximate surface area is 134 Å². The zero-order chi connectivity index (χ0) is 14.7. The van der Waals surface area contributed by atoms with E-state index in [9.17, 15) is 4.80 Å². The third-order valence-electron chi connectivity index (χ3n) is 1.97. The normalized spacial score (nSPS) is 8.33. The summed E-state index contributed by atoms with van der Waals surface area (Å²) in [6.07, 6.45) is 0. The molecule has 0 rings (SSSR count). The Hall–Kier alpha value is 0.940. The monoisotopic (exact) mass is 360 g/mol. The zero-order valence-corrected chi connectivity index (χ0v) is 16.5. The minimum atomic E-state index is -1.67. The van der Waals surface area contributed by atoms with Gasteiger partial charge in [0, 0.05) is 46.0 Å². The van der Waals surface area contributed by atoms with Crippen LogP contribution in [0.1, 0.15) is 41.5 Å². The quantitative estimate of drug-likeness (QED) is 0.579. The van der Waals surface area contributed by atoms with Gasteiger partial charge >= 0.3 is 0 Å². The fraction of sp³-hybridized carbons (Fsp3) is 1.00. The first-order valence-electron chi connectivity index (χ1n) is 6.48. The SMILES string of the molecule is CCO.CCO.CCO.CC[Si](O)(CC)CC.[Zr]. The van der Waals surface area contributed by atoms with E-state index < -0.39 is 8.32 Å². The van der Waals surface area contributed by atoms with E-state index in [0.29, 0.717) is 0 Å². The molecular weight excluding hydrogens is 327 g/mol. The number of aliphatic hydroxyl groups excluding tert-OH is 3. The Kier molecular flexibility index (Phi) is 53.6. The van der Waals surface area contributed by atoms with Gasteiger partial charge in [-0.25, -0.2) is 0 Å². The summed E-state index contributed by atoms with van der Waals surface area (Å²) >= 11 is 0. The third kappa shape index (κ3) is 43.6. The first-order valence-corrected chi connectivity index (χ1v) is 9.04. The summed E-state index contributed by atoms with van der Waals surface area (Å²) in [5.41, 5.74) is 0. The maximum absolute atomic E-state index is 9.58. The van der Waals surface area contributed by atoms with Crippen LogP contribution in [0.25, 0.3) is 0 Å². The van der Waals surface area contributed by atoms with Gasteiger partial charge in [-0.3, -0.25) is 0 Å². The Balaban J connectivity index is -0.0000000477. The molecule has 0 aromatic rings. The standard InChI is InChI=1S/C6H16OSi.3C2H6O.Zr/c1-4-8(7,5-2)6-3;3*1-2-3;/h7H,4-6H2,1-3H3;3*3H,2H2,1H3;. The van der Waals surface area contributed by atoms with Crippen LogP contribution in [0.2, 0.25) is 18.1 Å². The van der Waals surface area contributed by atoms with Gasteiger partial charge in [0.15, 0.2) is 8.32 Å². The van der Waals surface area contributed by atoms with Crippen molar-refractivity contribution in [3.05, 3.63) is 0 Å². The van der Waals surface area contributed by atoms with Gasteiger partial charge in [0.25, 0.3) is 0 Å². The fourth-order valence-electron chi connectivity index (χ4n) is 0.750. The Morgan fingerprint density at radius 2 is 0.722 bits per heavy atom. The van der Waals surface area contributed by atoms with Gasteiger partial charge in [-0.15, -0.1) is 0 Å². The van der Waals surface area contributed by atoms with Crippen LogP contribution in [0.15, 0.2) is 0 Å². The van der Waals surface area contributed by atoms with Crippen LogP contribution < -0.4 is 0 Å². The number of hydrogen-bond acceptors (Lipinski definition) is 4. The van der Waals surface area contributed by atoms with Crippen molar-refractivity contribution in [2.75, 3.05) is 19.8 Å². The minimum absolute atomic E-state index is 0. The largest absolute Gasteiger partial charge is 0.432 e. The molecule has 0 aromatic heterocycles. The van der Waals surface area contributed by atoms with Crippen molar-refractivity contribution < 1.29 is 46.3 Å². The van der Waals surface area contributed by atoms with E-state index in [2.05, 4.69) is 20.8 Å². The average Bonchev–Trinajstić information content (AvgIpc) is 2.31. The van der Waals surface area contributed by atoms with E-state index in [-0.39, 0.29) is 46.0 Å². The second-order valence-electron chi connectivity index (χ2n) is 3.23. The van der Waals surface area contributed by atoms with Gasteiger partial charge in [-0.1, -0.05) is 20.8 Å². The number of aliphatic hydroxyl groups is 3. The van der Waals surface area contributed by atoms with Crippen molar-refractivity contribution in [2.45, 2.75) is 59.7 Å². The second kappa shape index (κ2) is 30.7. The van der Waals surface area contributed by atoms with E-state index in [4.69, 9.17) is 15.3 Å². The molecule has 4 nitrogen and oxygen atoms in total. The van der Waals surface area contributed by atoms with E-state index in [1.165, 1.54) is 0 Å². The average molecular weight is 362 g/mol. The summed E-state index contributed by atoms with van der Waals surface area (Å²) < 4.78 is 0. The summed E-state index contributed by atoms with van der Waals surface area (Å²) in [4.78, 5) is 9.58. The molecule has 114 valence electrons. The topological polar surface area (TPSA) is 80.9 Å². The third-order valence-corrected chi connectivity index (χ3v) is 5.92. The predicted molar refractivity (Wildman–Crippen MR) is 77.7 cm³/mol.